The van der Waals surface area contributed by atoms with Crippen LogP contribution in [-0.2, 0) is 6.61 Å². The predicted octanol–water partition coefficient (Wildman–Crippen LogP) is 3.06. The molecule has 1 heterocycles. The second kappa shape index (κ2) is 5.26. The van der Waals surface area contributed by atoms with Gasteiger partial charge in [0.1, 0.15) is 23.9 Å². The number of furan rings is 1. The van der Waals surface area contributed by atoms with Crippen LogP contribution in [0.4, 0.5) is 0 Å². The zero-order valence-electron chi connectivity index (χ0n) is 9.10. The molecule has 1 aromatic heterocycles. The van der Waals surface area contributed by atoms with Crippen molar-refractivity contribution in [2.45, 2.75) is 13.5 Å². The average Bonchev–Trinajstić information content (AvgIpc) is 2.82. The van der Waals surface area contributed by atoms with Gasteiger partial charge in [0.05, 0.1) is 6.61 Å². The molecule has 0 spiro atoms. The summed E-state index contributed by atoms with van der Waals surface area (Å²) in [7, 11) is 0. The molecule has 0 saturated carbocycles. The van der Waals surface area contributed by atoms with Crippen molar-refractivity contribution in [1.82, 2.24) is 0 Å². The zero-order chi connectivity index (χ0) is 11.2. The molecule has 0 saturated heterocycles. The standard InChI is InChI=1S/C13H13O3/c1-2-14-11-5-7-12(8-6-11)16-10-13-4-3-9-15-13/h3-8H,2,10H2,1H3. The van der Waals surface area contributed by atoms with Gasteiger partial charge in [-0.05, 0) is 43.3 Å². The van der Waals surface area contributed by atoms with E-state index >= 15 is 0 Å². The highest BCUT2D eigenvalue weighted by Gasteiger charge is 1.98. The van der Waals surface area contributed by atoms with E-state index < -0.39 is 0 Å². The summed E-state index contributed by atoms with van der Waals surface area (Å²) < 4.78 is 15.9. The van der Waals surface area contributed by atoms with E-state index in [1.165, 1.54) is 0 Å². The smallest absolute Gasteiger partial charge is 0.169 e. The molecule has 0 bridgehead atoms. The topological polar surface area (TPSA) is 31.6 Å². The van der Waals surface area contributed by atoms with Gasteiger partial charge >= 0.3 is 0 Å². The summed E-state index contributed by atoms with van der Waals surface area (Å²) in [6, 6.07) is 11.1. The molecule has 0 amide bonds. The van der Waals surface area contributed by atoms with Crippen LogP contribution < -0.4 is 9.47 Å². The summed E-state index contributed by atoms with van der Waals surface area (Å²) in [6.07, 6.45) is 2.62. The summed E-state index contributed by atoms with van der Waals surface area (Å²) in [5, 5.41) is 0. The van der Waals surface area contributed by atoms with Crippen molar-refractivity contribution >= 4 is 0 Å². The van der Waals surface area contributed by atoms with Crippen molar-refractivity contribution in [2.75, 3.05) is 6.61 Å². The maximum atomic E-state index is 5.51. The van der Waals surface area contributed by atoms with Crippen LogP contribution in [0.5, 0.6) is 11.5 Å². The van der Waals surface area contributed by atoms with Gasteiger partial charge < -0.3 is 13.9 Å². The van der Waals surface area contributed by atoms with Gasteiger partial charge in [0.2, 0.25) is 0 Å². The third-order valence-corrected chi connectivity index (χ3v) is 2.04. The fourth-order valence-electron chi connectivity index (χ4n) is 1.30. The van der Waals surface area contributed by atoms with Crippen LogP contribution in [0.1, 0.15) is 12.7 Å². The van der Waals surface area contributed by atoms with E-state index in [2.05, 4.69) is 6.26 Å². The normalized spacial score (nSPS) is 10.1. The van der Waals surface area contributed by atoms with Crippen molar-refractivity contribution in [3.8, 4) is 11.5 Å². The van der Waals surface area contributed by atoms with Crippen LogP contribution in [0.25, 0.3) is 0 Å². The molecule has 3 heteroatoms. The Morgan fingerprint density at radius 2 is 1.75 bits per heavy atom. The molecule has 0 aliphatic carbocycles. The SMILES string of the molecule is CCOc1ccc(OCc2cc[c]o2)cc1. The first-order valence-corrected chi connectivity index (χ1v) is 5.19. The van der Waals surface area contributed by atoms with Crippen molar-refractivity contribution in [3.05, 3.63) is 48.4 Å². The number of hydrogen-bond acceptors (Lipinski definition) is 3. The van der Waals surface area contributed by atoms with E-state index in [9.17, 15) is 0 Å². The van der Waals surface area contributed by atoms with Crippen molar-refractivity contribution < 1.29 is 13.9 Å². The first-order chi connectivity index (χ1) is 7.88. The van der Waals surface area contributed by atoms with Gasteiger partial charge in [0.15, 0.2) is 6.26 Å². The quantitative estimate of drug-likeness (QED) is 0.771. The molecular formula is C13H13O3. The lowest BCUT2D eigenvalue weighted by Gasteiger charge is -2.06. The van der Waals surface area contributed by atoms with Gasteiger partial charge in [-0.15, -0.1) is 0 Å². The maximum absolute atomic E-state index is 5.51. The lowest BCUT2D eigenvalue weighted by atomic mass is 10.3. The molecule has 2 aromatic rings. The van der Waals surface area contributed by atoms with Gasteiger partial charge in [-0.25, -0.2) is 0 Å². The molecule has 0 aliphatic rings. The lowest BCUT2D eigenvalue weighted by molar-refractivity contribution is 0.268. The fraction of sp³-hybridized carbons (Fsp3) is 0.231. The van der Waals surface area contributed by atoms with E-state index in [1.54, 1.807) is 6.07 Å². The Hall–Kier alpha value is -1.90. The third-order valence-electron chi connectivity index (χ3n) is 2.04. The Labute approximate surface area is 94.6 Å². The highest BCUT2D eigenvalue weighted by Crippen LogP contribution is 2.18. The molecular weight excluding hydrogens is 204 g/mol. The average molecular weight is 217 g/mol. The zero-order valence-corrected chi connectivity index (χ0v) is 9.10. The molecule has 83 valence electrons. The van der Waals surface area contributed by atoms with Gasteiger partial charge in [0, 0.05) is 0 Å². The van der Waals surface area contributed by atoms with Gasteiger partial charge in [0.25, 0.3) is 0 Å². The molecule has 1 aromatic carbocycles. The second-order valence-electron chi connectivity index (χ2n) is 3.21. The lowest BCUT2D eigenvalue weighted by Crippen LogP contribution is -1.94. The highest BCUT2D eigenvalue weighted by molar-refractivity contribution is 5.31. The van der Waals surface area contributed by atoms with Crippen LogP contribution in [0.15, 0.2) is 40.8 Å². The van der Waals surface area contributed by atoms with Crippen LogP contribution in [0, 0.1) is 6.26 Å². The fourth-order valence-corrected chi connectivity index (χ4v) is 1.30. The minimum atomic E-state index is 0.414. The van der Waals surface area contributed by atoms with Crippen LogP contribution >= 0.6 is 0 Å². The minimum absolute atomic E-state index is 0.414. The number of hydrogen-bond donors (Lipinski definition) is 0. The minimum Gasteiger partial charge on any atom is -0.494 e. The molecule has 16 heavy (non-hydrogen) atoms. The molecule has 0 atom stereocenters. The highest BCUT2D eigenvalue weighted by atomic mass is 16.5. The van der Waals surface area contributed by atoms with Gasteiger partial charge in [-0.3, -0.25) is 0 Å². The van der Waals surface area contributed by atoms with E-state index in [4.69, 9.17) is 13.9 Å². The summed E-state index contributed by atoms with van der Waals surface area (Å²) >= 11 is 0. The van der Waals surface area contributed by atoms with Crippen molar-refractivity contribution in [3.63, 3.8) is 0 Å². The summed E-state index contributed by atoms with van der Waals surface area (Å²) in [5.74, 6) is 2.40. The molecule has 0 unspecified atom stereocenters. The maximum Gasteiger partial charge on any atom is 0.169 e. The Bertz CT molecular complexity index is 403. The van der Waals surface area contributed by atoms with Crippen LogP contribution in [-0.4, -0.2) is 6.61 Å². The van der Waals surface area contributed by atoms with E-state index in [0.717, 1.165) is 17.3 Å². The largest absolute Gasteiger partial charge is 0.494 e. The van der Waals surface area contributed by atoms with Gasteiger partial charge in [-0.1, -0.05) is 0 Å². The number of benzene rings is 1. The van der Waals surface area contributed by atoms with Gasteiger partial charge in [-0.2, -0.15) is 0 Å². The van der Waals surface area contributed by atoms with Crippen molar-refractivity contribution in [1.29, 1.82) is 0 Å². The molecule has 1 radical (unpaired) electrons. The first-order valence-electron chi connectivity index (χ1n) is 5.19. The number of rotatable bonds is 5. The van der Waals surface area contributed by atoms with Crippen LogP contribution in [0.2, 0.25) is 0 Å². The summed E-state index contributed by atoms with van der Waals surface area (Å²) in [4.78, 5) is 0. The molecule has 0 fully saturated rings. The molecule has 2 rings (SSSR count). The molecule has 0 N–H and O–H groups in total. The monoisotopic (exact) mass is 217 g/mol. The van der Waals surface area contributed by atoms with Crippen molar-refractivity contribution in [2.24, 2.45) is 0 Å². The van der Waals surface area contributed by atoms with E-state index in [-0.39, 0.29) is 0 Å². The molecule has 3 nitrogen and oxygen atoms in total. The summed E-state index contributed by atoms with van der Waals surface area (Å²) in [6.45, 7) is 3.04. The van der Waals surface area contributed by atoms with Crippen LogP contribution in [0.3, 0.4) is 0 Å². The molecule has 0 aliphatic heterocycles. The number of ether oxygens (including phenoxy) is 2. The predicted molar refractivity (Wildman–Crippen MR) is 59.5 cm³/mol. The Kier molecular flexibility index (Phi) is 3.49. The first kappa shape index (κ1) is 10.6. The van der Waals surface area contributed by atoms with E-state index in [1.807, 2.05) is 37.3 Å². The Morgan fingerprint density at radius 3 is 2.31 bits per heavy atom. The Morgan fingerprint density at radius 1 is 1.06 bits per heavy atom. The third kappa shape index (κ3) is 2.79. The van der Waals surface area contributed by atoms with E-state index in [0.29, 0.717) is 13.2 Å². The second-order valence-corrected chi connectivity index (χ2v) is 3.21. The summed E-state index contributed by atoms with van der Waals surface area (Å²) in [5.41, 5.74) is 0. The Balaban J connectivity index is 1.90.